The highest BCUT2D eigenvalue weighted by Crippen LogP contribution is 2.32. The van der Waals surface area contributed by atoms with Gasteiger partial charge in [-0.3, -0.25) is 0 Å². The molecule has 1 fully saturated rings. The molecule has 0 unspecified atom stereocenters. The van der Waals surface area contributed by atoms with Gasteiger partial charge in [-0.15, -0.1) is 22.9 Å². The molecule has 0 bridgehead atoms. The van der Waals surface area contributed by atoms with E-state index >= 15 is 0 Å². The molecule has 20 heavy (non-hydrogen) atoms. The third-order valence-corrected chi connectivity index (χ3v) is 7.77. The van der Waals surface area contributed by atoms with Crippen LogP contribution in [-0.4, -0.2) is 25.8 Å². The number of rotatable bonds is 4. The van der Waals surface area contributed by atoms with Crippen molar-refractivity contribution in [3.63, 3.8) is 0 Å². The average molecular weight is 336 g/mol. The van der Waals surface area contributed by atoms with Crippen LogP contribution < -0.4 is 0 Å². The predicted octanol–water partition coefficient (Wildman–Crippen LogP) is 3.85. The number of halogens is 1. The molecule has 1 aliphatic heterocycles. The number of alkyl halides is 1. The number of aryl methyl sites for hydroxylation is 1. The second-order valence-electron chi connectivity index (χ2n) is 5.75. The van der Waals surface area contributed by atoms with Gasteiger partial charge in [0.05, 0.1) is 10.8 Å². The van der Waals surface area contributed by atoms with Crippen molar-refractivity contribution >= 4 is 33.0 Å². The Kier molecular flexibility index (Phi) is 5.16. The predicted molar refractivity (Wildman–Crippen MR) is 84.9 cm³/mol. The van der Waals surface area contributed by atoms with Gasteiger partial charge in [-0.05, 0) is 37.7 Å². The lowest BCUT2D eigenvalue weighted by atomic mass is 9.87. The lowest BCUT2D eigenvalue weighted by molar-refractivity contribution is 0.226. The van der Waals surface area contributed by atoms with E-state index in [1.165, 1.54) is 11.3 Å². The summed E-state index contributed by atoms with van der Waals surface area (Å²) in [6.07, 6.45) is 1.92. The van der Waals surface area contributed by atoms with Crippen molar-refractivity contribution in [3.05, 3.63) is 15.8 Å². The zero-order valence-corrected chi connectivity index (χ0v) is 14.6. The molecule has 2 heterocycles. The smallest absolute Gasteiger partial charge is 0.207 e. The molecule has 1 aromatic rings. The Labute approximate surface area is 131 Å². The van der Waals surface area contributed by atoms with Gasteiger partial charge in [-0.25, -0.2) is 8.42 Å². The van der Waals surface area contributed by atoms with E-state index in [4.69, 9.17) is 11.6 Å². The molecule has 0 N–H and O–H groups in total. The third-order valence-electron chi connectivity index (χ3n) is 4.11. The molecule has 0 radical (unpaired) electrons. The molecule has 0 aliphatic carbocycles. The first-order chi connectivity index (χ1) is 9.36. The fourth-order valence-corrected chi connectivity index (χ4v) is 5.93. The van der Waals surface area contributed by atoms with Crippen molar-refractivity contribution in [2.75, 3.05) is 13.1 Å². The summed E-state index contributed by atoms with van der Waals surface area (Å²) in [5, 5.41) is 0. The van der Waals surface area contributed by atoms with Crippen LogP contribution in [0.3, 0.4) is 0 Å². The Morgan fingerprint density at radius 2 is 2.00 bits per heavy atom. The summed E-state index contributed by atoms with van der Waals surface area (Å²) >= 11 is 7.28. The fraction of sp³-hybridized carbons (Fsp3) is 0.714. The van der Waals surface area contributed by atoms with Crippen LogP contribution in [0.5, 0.6) is 0 Å². The Morgan fingerprint density at radius 1 is 1.40 bits per heavy atom. The minimum absolute atomic E-state index is 0.371. The van der Waals surface area contributed by atoms with E-state index in [1.807, 2.05) is 6.92 Å². The highest BCUT2D eigenvalue weighted by Gasteiger charge is 2.32. The van der Waals surface area contributed by atoms with Crippen LogP contribution >= 0.6 is 22.9 Å². The Morgan fingerprint density at radius 3 is 2.45 bits per heavy atom. The summed E-state index contributed by atoms with van der Waals surface area (Å²) < 4.78 is 27.0. The van der Waals surface area contributed by atoms with Crippen LogP contribution in [0.1, 0.15) is 36.4 Å². The molecule has 2 rings (SSSR count). The van der Waals surface area contributed by atoms with Gasteiger partial charge in [0.15, 0.2) is 0 Å². The Hall–Kier alpha value is -0.100. The van der Waals surface area contributed by atoms with E-state index in [0.29, 0.717) is 35.7 Å². The van der Waals surface area contributed by atoms with Crippen LogP contribution in [-0.2, 0) is 15.9 Å². The lowest BCUT2D eigenvalue weighted by Gasteiger charge is -2.33. The third kappa shape index (κ3) is 3.21. The number of nitrogens with zero attached hydrogens (tertiary/aromatic N) is 1. The maximum Gasteiger partial charge on any atom is 0.244 e. The van der Waals surface area contributed by atoms with Crippen molar-refractivity contribution in [2.24, 2.45) is 11.8 Å². The summed E-state index contributed by atoms with van der Waals surface area (Å²) in [6, 6.07) is 1.73. The second kappa shape index (κ2) is 6.34. The summed E-state index contributed by atoms with van der Waals surface area (Å²) in [5.41, 5.74) is 0. The van der Waals surface area contributed by atoms with Crippen LogP contribution in [0.25, 0.3) is 0 Å². The Balaban J connectivity index is 2.17. The molecule has 0 atom stereocenters. The SMILES string of the molecule is Cc1sc(CCl)cc1S(=O)(=O)N1CCC(C(C)C)CC1. The maximum atomic E-state index is 12.7. The number of hydrogen-bond acceptors (Lipinski definition) is 3. The number of thiophene rings is 1. The first-order valence-electron chi connectivity index (χ1n) is 7.01. The summed E-state index contributed by atoms with van der Waals surface area (Å²) in [7, 11) is -3.35. The first kappa shape index (κ1) is 16.3. The lowest BCUT2D eigenvalue weighted by Crippen LogP contribution is -2.39. The summed E-state index contributed by atoms with van der Waals surface area (Å²) in [4.78, 5) is 2.20. The van der Waals surface area contributed by atoms with E-state index in [-0.39, 0.29) is 0 Å². The van der Waals surface area contributed by atoms with Crippen molar-refractivity contribution in [3.8, 4) is 0 Å². The van der Waals surface area contributed by atoms with Gasteiger partial charge in [-0.2, -0.15) is 4.31 Å². The van der Waals surface area contributed by atoms with Gasteiger partial charge in [0.2, 0.25) is 10.0 Å². The highest BCUT2D eigenvalue weighted by atomic mass is 35.5. The van der Waals surface area contributed by atoms with Crippen molar-refractivity contribution in [1.29, 1.82) is 0 Å². The number of sulfonamides is 1. The minimum atomic E-state index is -3.35. The normalized spacial score (nSPS) is 18.9. The van der Waals surface area contributed by atoms with Gasteiger partial charge >= 0.3 is 0 Å². The zero-order valence-electron chi connectivity index (χ0n) is 12.2. The van der Waals surface area contributed by atoms with Crippen molar-refractivity contribution < 1.29 is 8.42 Å². The van der Waals surface area contributed by atoms with Crippen LogP contribution in [0.4, 0.5) is 0 Å². The molecule has 114 valence electrons. The topological polar surface area (TPSA) is 37.4 Å². The zero-order chi connectivity index (χ0) is 14.9. The molecular weight excluding hydrogens is 314 g/mol. The van der Waals surface area contributed by atoms with E-state index < -0.39 is 10.0 Å². The van der Waals surface area contributed by atoms with E-state index in [0.717, 1.165) is 22.6 Å². The molecule has 0 spiro atoms. The quantitative estimate of drug-likeness (QED) is 0.784. The standard InChI is InChI=1S/C14H22ClNO2S2/c1-10(2)12-4-6-16(7-5-12)20(17,18)14-8-13(9-15)19-11(14)3/h8,10,12H,4-7,9H2,1-3H3. The van der Waals surface area contributed by atoms with Crippen LogP contribution in [0, 0.1) is 18.8 Å². The maximum absolute atomic E-state index is 12.7. The fourth-order valence-electron chi connectivity index (χ4n) is 2.77. The van der Waals surface area contributed by atoms with Gasteiger partial charge < -0.3 is 0 Å². The highest BCUT2D eigenvalue weighted by molar-refractivity contribution is 7.89. The number of hydrogen-bond donors (Lipinski definition) is 0. The van der Waals surface area contributed by atoms with Gasteiger partial charge in [0.25, 0.3) is 0 Å². The molecule has 0 aromatic carbocycles. The first-order valence-corrected chi connectivity index (χ1v) is 9.80. The van der Waals surface area contributed by atoms with E-state index in [9.17, 15) is 8.42 Å². The van der Waals surface area contributed by atoms with Crippen molar-refractivity contribution in [2.45, 2.75) is 44.4 Å². The molecule has 1 aromatic heterocycles. The van der Waals surface area contributed by atoms with Crippen LogP contribution in [0.2, 0.25) is 0 Å². The molecule has 0 saturated carbocycles. The molecule has 0 amide bonds. The van der Waals surface area contributed by atoms with Crippen LogP contribution in [0.15, 0.2) is 11.0 Å². The molecular formula is C14H22ClNO2S2. The van der Waals surface area contributed by atoms with E-state index in [2.05, 4.69) is 13.8 Å². The van der Waals surface area contributed by atoms with Crippen molar-refractivity contribution in [1.82, 2.24) is 4.31 Å². The molecule has 3 nitrogen and oxygen atoms in total. The average Bonchev–Trinajstić information content (AvgIpc) is 2.81. The summed E-state index contributed by atoms with van der Waals surface area (Å²) in [6.45, 7) is 7.55. The number of piperidine rings is 1. The minimum Gasteiger partial charge on any atom is -0.207 e. The molecule has 1 saturated heterocycles. The van der Waals surface area contributed by atoms with Gasteiger partial charge in [-0.1, -0.05) is 13.8 Å². The largest absolute Gasteiger partial charge is 0.244 e. The second-order valence-corrected chi connectivity index (χ2v) is 9.27. The summed E-state index contributed by atoms with van der Waals surface area (Å²) in [5.74, 6) is 1.64. The Bertz CT molecular complexity index is 558. The van der Waals surface area contributed by atoms with Gasteiger partial charge in [0.1, 0.15) is 0 Å². The van der Waals surface area contributed by atoms with E-state index in [1.54, 1.807) is 10.4 Å². The monoisotopic (exact) mass is 335 g/mol. The molecule has 6 heteroatoms. The van der Waals surface area contributed by atoms with Gasteiger partial charge in [0, 0.05) is 22.8 Å². The molecule has 1 aliphatic rings.